The van der Waals surface area contributed by atoms with Crippen LogP contribution in [0.25, 0.3) is 22.5 Å². The summed E-state index contributed by atoms with van der Waals surface area (Å²) in [5, 5.41) is 14.1. The number of H-pyrrole nitrogens is 1. The van der Waals surface area contributed by atoms with E-state index in [1.807, 2.05) is 73.7 Å². The van der Waals surface area contributed by atoms with Gasteiger partial charge in [0.1, 0.15) is 11.9 Å². The molecular formula is C31H38ClN9O2. The van der Waals surface area contributed by atoms with Crippen molar-refractivity contribution in [2.45, 2.75) is 38.1 Å². The number of anilines is 2. The topological polar surface area (TPSA) is 160 Å². The van der Waals surface area contributed by atoms with E-state index in [-0.39, 0.29) is 30.7 Å². The standard InChI is InChI=1S/C31H37N9O2.ClH/c1-39(2)28-16-13-25(19-34-28)22-7-3-20(4-8-22)17-27(29(33)41)40(31(42)24-9-5-21(18-32)6-10-24)26-14-11-23(12-15-26)30-35-37-38-36-30;/h3-4,7-8,11-16,19,21,24,27H,5-6,9-10,17-18,32H2,1-2H3,(H2,33,41)(H,35,36,37,38);1H/t21?,24?,27-;/m0./s1. The molecule has 12 heteroatoms. The number of hydrogen-bond donors (Lipinski definition) is 3. The summed E-state index contributed by atoms with van der Waals surface area (Å²) in [5.41, 5.74) is 16.1. The third-order valence-electron chi connectivity index (χ3n) is 8.08. The molecule has 0 spiro atoms. The molecule has 43 heavy (non-hydrogen) atoms. The summed E-state index contributed by atoms with van der Waals surface area (Å²) in [7, 11) is 3.90. The molecule has 2 aromatic heterocycles. The average molecular weight is 604 g/mol. The third kappa shape index (κ3) is 7.36. The smallest absolute Gasteiger partial charge is 0.240 e. The molecule has 1 aliphatic rings. The molecule has 0 unspecified atom stereocenters. The number of pyridine rings is 1. The number of nitrogens with zero attached hydrogens (tertiary/aromatic N) is 6. The lowest BCUT2D eigenvalue weighted by Crippen LogP contribution is -2.52. The number of aromatic nitrogens is 5. The highest BCUT2D eigenvalue weighted by atomic mass is 35.5. The van der Waals surface area contributed by atoms with Gasteiger partial charge in [-0.25, -0.2) is 4.98 Å². The molecule has 11 nitrogen and oxygen atoms in total. The molecule has 1 saturated carbocycles. The van der Waals surface area contributed by atoms with Crippen molar-refractivity contribution in [2.24, 2.45) is 23.3 Å². The molecule has 4 aromatic rings. The molecule has 1 fully saturated rings. The van der Waals surface area contributed by atoms with Crippen LogP contribution in [0, 0.1) is 11.8 Å². The molecule has 0 aliphatic heterocycles. The van der Waals surface area contributed by atoms with Crippen molar-refractivity contribution in [2.75, 3.05) is 30.4 Å². The number of nitrogens with two attached hydrogens (primary N) is 2. The zero-order chi connectivity index (χ0) is 29.6. The molecule has 5 N–H and O–H groups in total. The lowest BCUT2D eigenvalue weighted by Gasteiger charge is -2.35. The first-order chi connectivity index (χ1) is 20.3. The van der Waals surface area contributed by atoms with E-state index in [4.69, 9.17) is 11.5 Å². The van der Waals surface area contributed by atoms with Crippen molar-refractivity contribution in [3.8, 4) is 22.5 Å². The third-order valence-corrected chi connectivity index (χ3v) is 8.08. The van der Waals surface area contributed by atoms with Crippen molar-refractivity contribution in [3.05, 3.63) is 72.4 Å². The Hall–Kier alpha value is -4.35. The fourth-order valence-electron chi connectivity index (χ4n) is 5.55. The van der Waals surface area contributed by atoms with Crippen molar-refractivity contribution in [1.82, 2.24) is 25.6 Å². The van der Waals surface area contributed by atoms with E-state index in [0.29, 0.717) is 24.0 Å². The molecule has 0 radical (unpaired) electrons. The number of amides is 2. The summed E-state index contributed by atoms with van der Waals surface area (Å²) < 4.78 is 0. The largest absolute Gasteiger partial charge is 0.368 e. The fraction of sp³-hybridized carbons (Fsp3) is 0.355. The quantitative estimate of drug-likeness (QED) is 0.248. The van der Waals surface area contributed by atoms with Gasteiger partial charge in [0.15, 0.2) is 0 Å². The molecule has 1 atom stereocenters. The number of hydrogen-bond acceptors (Lipinski definition) is 8. The SMILES string of the molecule is CN(C)c1ccc(-c2ccc(C[C@@H](C(N)=O)N(C(=O)C3CCC(CN)CC3)c3ccc(-c4nn[nH]n4)cc3)cc2)cn1.Cl. The Morgan fingerprint density at radius 2 is 1.58 bits per heavy atom. The monoisotopic (exact) mass is 603 g/mol. The van der Waals surface area contributed by atoms with E-state index in [9.17, 15) is 9.59 Å². The number of tetrazole rings is 1. The van der Waals surface area contributed by atoms with Gasteiger partial charge in [0.2, 0.25) is 17.6 Å². The molecular weight excluding hydrogens is 566 g/mol. The van der Waals surface area contributed by atoms with Gasteiger partial charge >= 0.3 is 0 Å². The minimum absolute atomic E-state index is 0. The summed E-state index contributed by atoms with van der Waals surface area (Å²) in [6.45, 7) is 0.623. The van der Waals surface area contributed by atoms with E-state index in [2.05, 4.69) is 25.6 Å². The average Bonchev–Trinajstić information content (AvgIpc) is 3.57. The summed E-state index contributed by atoms with van der Waals surface area (Å²) >= 11 is 0. The Labute approximate surface area is 257 Å². The van der Waals surface area contributed by atoms with Crippen molar-refractivity contribution < 1.29 is 9.59 Å². The van der Waals surface area contributed by atoms with Gasteiger partial charge in [-0.05, 0) is 90.9 Å². The van der Waals surface area contributed by atoms with Crippen molar-refractivity contribution in [1.29, 1.82) is 0 Å². The minimum Gasteiger partial charge on any atom is -0.368 e. The van der Waals surface area contributed by atoms with Crippen LogP contribution >= 0.6 is 12.4 Å². The van der Waals surface area contributed by atoms with Gasteiger partial charge in [0.25, 0.3) is 0 Å². The highest BCUT2D eigenvalue weighted by Crippen LogP contribution is 2.33. The number of carbonyl (C=O) groups excluding carboxylic acids is 2. The highest BCUT2D eigenvalue weighted by Gasteiger charge is 2.36. The van der Waals surface area contributed by atoms with E-state index < -0.39 is 11.9 Å². The zero-order valence-electron chi connectivity index (χ0n) is 24.4. The summed E-state index contributed by atoms with van der Waals surface area (Å²) in [6.07, 6.45) is 5.38. The van der Waals surface area contributed by atoms with Crippen LogP contribution < -0.4 is 21.3 Å². The normalized spacial score (nSPS) is 17.0. The maximum absolute atomic E-state index is 14.1. The van der Waals surface area contributed by atoms with Crippen LogP contribution in [0.15, 0.2) is 66.9 Å². The van der Waals surface area contributed by atoms with Crippen LogP contribution in [0.3, 0.4) is 0 Å². The summed E-state index contributed by atoms with van der Waals surface area (Å²) in [4.78, 5) is 35.1. The fourth-order valence-corrected chi connectivity index (χ4v) is 5.55. The Morgan fingerprint density at radius 1 is 0.930 bits per heavy atom. The number of carbonyl (C=O) groups is 2. The molecule has 0 saturated heterocycles. The van der Waals surface area contributed by atoms with Gasteiger partial charge < -0.3 is 16.4 Å². The predicted molar refractivity (Wildman–Crippen MR) is 170 cm³/mol. The van der Waals surface area contributed by atoms with Crippen LogP contribution in [-0.4, -0.2) is 64.1 Å². The number of aromatic amines is 1. The molecule has 226 valence electrons. The van der Waals surface area contributed by atoms with Crippen molar-refractivity contribution >= 4 is 35.7 Å². The minimum atomic E-state index is -0.868. The van der Waals surface area contributed by atoms with Gasteiger partial charge in [-0.3, -0.25) is 14.5 Å². The molecule has 5 rings (SSSR count). The highest BCUT2D eigenvalue weighted by molar-refractivity contribution is 6.01. The second kappa shape index (κ2) is 14.2. The predicted octanol–water partition coefficient (Wildman–Crippen LogP) is 3.61. The van der Waals surface area contributed by atoms with E-state index >= 15 is 0 Å². The van der Waals surface area contributed by atoms with Crippen LogP contribution in [-0.2, 0) is 16.0 Å². The van der Waals surface area contributed by atoms with Crippen molar-refractivity contribution in [3.63, 3.8) is 0 Å². The van der Waals surface area contributed by atoms with E-state index in [1.165, 1.54) is 0 Å². The first-order valence-electron chi connectivity index (χ1n) is 14.2. The Bertz CT molecular complexity index is 1470. The number of nitrogens with one attached hydrogen (secondary N) is 1. The molecule has 2 heterocycles. The lowest BCUT2D eigenvalue weighted by atomic mass is 9.81. The first-order valence-corrected chi connectivity index (χ1v) is 14.2. The second-order valence-electron chi connectivity index (χ2n) is 11.1. The zero-order valence-corrected chi connectivity index (χ0v) is 25.2. The number of benzene rings is 2. The van der Waals surface area contributed by atoms with Gasteiger partial charge in [-0.1, -0.05) is 24.3 Å². The van der Waals surface area contributed by atoms with Gasteiger partial charge in [0.05, 0.1) is 0 Å². The molecule has 2 aromatic carbocycles. The Morgan fingerprint density at radius 3 is 2.12 bits per heavy atom. The van der Waals surface area contributed by atoms with E-state index in [1.54, 1.807) is 17.0 Å². The summed E-state index contributed by atoms with van der Waals surface area (Å²) in [5.74, 6) is 0.894. The van der Waals surface area contributed by atoms with Crippen LogP contribution in [0.5, 0.6) is 0 Å². The molecule has 2 amide bonds. The van der Waals surface area contributed by atoms with Crippen LogP contribution in [0.1, 0.15) is 31.2 Å². The lowest BCUT2D eigenvalue weighted by molar-refractivity contribution is -0.127. The van der Waals surface area contributed by atoms with E-state index in [0.717, 1.165) is 53.8 Å². The second-order valence-corrected chi connectivity index (χ2v) is 11.1. The maximum atomic E-state index is 14.1. The van der Waals surface area contributed by atoms with Gasteiger partial charge in [-0.2, -0.15) is 5.21 Å². The first kappa shape index (κ1) is 31.6. The van der Waals surface area contributed by atoms with Gasteiger partial charge in [0, 0.05) is 49.4 Å². The summed E-state index contributed by atoms with van der Waals surface area (Å²) in [6, 6.07) is 18.3. The maximum Gasteiger partial charge on any atom is 0.240 e. The number of halogens is 1. The number of rotatable bonds is 10. The Balaban J connectivity index is 0.00000423. The van der Waals surface area contributed by atoms with Crippen LogP contribution in [0.4, 0.5) is 11.5 Å². The molecule has 1 aliphatic carbocycles. The van der Waals surface area contributed by atoms with Crippen LogP contribution in [0.2, 0.25) is 0 Å². The van der Waals surface area contributed by atoms with Gasteiger partial charge in [-0.15, -0.1) is 22.6 Å². The number of primary amides is 1. The molecule has 0 bridgehead atoms. The Kier molecular flexibility index (Phi) is 10.4.